The molecule has 0 N–H and O–H groups in total. The van der Waals surface area contributed by atoms with Crippen LogP contribution in [0.1, 0.15) is 27.4 Å². The number of carbonyl (C=O) groups excluding carboxylic acids is 1. The number of ketones is 1. The van der Waals surface area contributed by atoms with E-state index < -0.39 is 0 Å². The van der Waals surface area contributed by atoms with E-state index in [-0.39, 0.29) is 12.4 Å². The fourth-order valence-electron chi connectivity index (χ4n) is 3.37. The number of imidazole rings is 1. The van der Waals surface area contributed by atoms with Gasteiger partial charge < -0.3 is 13.3 Å². The predicted octanol–water partition coefficient (Wildman–Crippen LogP) is 4.29. The minimum absolute atomic E-state index is 0.144. The lowest BCUT2D eigenvalue weighted by Gasteiger charge is -2.05. The molecule has 2 heterocycles. The summed E-state index contributed by atoms with van der Waals surface area (Å²) >= 11 is 6.92. The van der Waals surface area contributed by atoms with Crippen LogP contribution in [0.2, 0.25) is 5.02 Å². The van der Waals surface area contributed by atoms with Crippen LogP contribution in [0.15, 0.2) is 60.9 Å². The number of hydrogen-bond donors (Lipinski definition) is 0. The maximum atomic E-state index is 13.3. The Morgan fingerprint density at radius 2 is 2.03 bits per heavy atom. The van der Waals surface area contributed by atoms with Crippen LogP contribution in [0.4, 0.5) is 0 Å². The molecule has 29 heavy (non-hydrogen) atoms. The summed E-state index contributed by atoms with van der Waals surface area (Å²) in [7, 11) is 2.89. The van der Waals surface area contributed by atoms with Crippen molar-refractivity contribution in [1.82, 2.24) is 14.1 Å². The van der Waals surface area contributed by atoms with Gasteiger partial charge in [0.05, 0.1) is 11.3 Å². The van der Waals surface area contributed by atoms with E-state index in [0.29, 0.717) is 28.6 Å². The number of rotatable bonds is 8. The first kappa shape index (κ1) is 18.5. The van der Waals surface area contributed by atoms with Crippen molar-refractivity contribution in [3.63, 3.8) is 0 Å². The molecule has 0 aliphatic rings. The first-order valence-corrected chi connectivity index (χ1v) is 10.1. The Bertz CT molecular complexity index is 1190. The molecule has 0 atom stereocenters. The molecular weight excluding hydrogens is 405 g/mol. The lowest BCUT2D eigenvalue weighted by Crippen LogP contribution is -2.08. The number of aromatic nitrogens is 3. The molecule has 1 radical (unpaired) electrons. The van der Waals surface area contributed by atoms with Crippen molar-refractivity contribution in [3.05, 3.63) is 88.6 Å². The van der Waals surface area contributed by atoms with Gasteiger partial charge in [-0.15, -0.1) is 0 Å². The Labute approximate surface area is 180 Å². The lowest BCUT2D eigenvalue weighted by atomic mass is 10.1. The van der Waals surface area contributed by atoms with E-state index in [9.17, 15) is 4.79 Å². The standard InChI is InChI=1S/C21H18BClN3O2S/c1-25-11-16(13-28-29-22)24-21(25)20(27)18-12-26(19-5-3-2-4-17(18)19)10-14-6-8-15(23)9-7-14/h2-9,11-12,22H,10,13H2,1H3/i22T. The summed E-state index contributed by atoms with van der Waals surface area (Å²) in [6.45, 7) is 0.852. The molecule has 8 heteroatoms. The molecular formula is C21H18BClN3O2S. The van der Waals surface area contributed by atoms with Crippen LogP contribution in [-0.2, 0) is 24.4 Å². The molecule has 0 aliphatic carbocycles. The fourth-order valence-corrected chi connectivity index (χ4v) is 3.68. The van der Waals surface area contributed by atoms with Crippen LogP contribution in [0.25, 0.3) is 10.9 Å². The topological polar surface area (TPSA) is 49.0 Å². The average Bonchev–Trinajstić information content (AvgIpc) is 3.30. The van der Waals surface area contributed by atoms with E-state index in [2.05, 4.69) is 9.55 Å². The van der Waals surface area contributed by atoms with Crippen LogP contribution in [0.3, 0.4) is 0 Å². The number of benzene rings is 2. The zero-order chi connectivity index (χ0) is 21.1. The van der Waals surface area contributed by atoms with Crippen LogP contribution < -0.4 is 0 Å². The summed E-state index contributed by atoms with van der Waals surface area (Å²) in [4.78, 5) is 17.8. The largest absolute Gasteiger partial charge is 0.342 e. The average molecular weight is 425 g/mol. The van der Waals surface area contributed by atoms with Gasteiger partial charge >= 0.3 is 0 Å². The second-order valence-electron chi connectivity index (χ2n) is 6.67. The zero-order valence-corrected chi connectivity index (χ0v) is 17.3. The van der Waals surface area contributed by atoms with Crippen molar-refractivity contribution in [2.24, 2.45) is 7.05 Å². The van der Waals surface area contributed by atoms with Gasteiger partial charge in [0, 0.05) is 41.9 Å². The highest BCUT2D eigenvalue weighted by atomic mass is 35.5. The molecule has 0 spiro atoms. The fraction of sp³-hybridized carbons (Fsp3) is 0.143. The van der Waals surface area contributed by atoms with Crippen molar-refractivity contribution < 1.29 is 8.98 Å². The summed E-state index contributed by atoms with van der Waals surface area (Å²) in [6, 6.07) is 15.5. The van der Waals surface area contributed by atoms with E-state index >= 15 is 0 Å². The number of aryl methyl sites for hydroxylation is 1. The van der Waals surface area contributed by atoms with E-state index in [0.717, 1.165) is 35.4 Å². The van der Waals surface area contributed by atoms with Gasteiger partial charge in [0.25, 0.3) is 0 Å². The molecule has 2 aromatic heterocycles. The Balaban J connectivity index is 1.67. The molecule has 2 aromatic carbocycles. The van der Waals surface area contributed by atoms with Crippen molar-refractivity contribution in [2.75, 3.05) is 0 Å². The maximum absolute atomic E-state index is 13.3. The summed E-state index contributed by atoms with van der Waals surface area (Å²) < 4.78 is 16.0. The molecule has 145 valence electrons. The van der Waals surface area contributed by atoms with Crippen LogP contribution >= 0.6 is 23.5 Å². The summed E-state index contributed by atoms with van der Waals surface area (Å²) in [6.07, 6.45) is 3.65. The molecule has 0 amide bonds. The highest BCUT2D eigenvalue weighted by Crippen LogP contribution is 2.25. The number of carbonyl (C=O) groups is 1. The van der Waals surface area contributed by atoms with Gasteiger partial charge in [0.15, 0.2) is 5.82 Å². The van der Waals surface area contributed by atoms with Crippen molar-refractivity contribution in [1.29, 1.82) is 1.34 Å². The van der Waals surface area contributed by atoms with Crippen molar-refractivity contribution in [3.8, 4) is 0 Å². The van der Waals surface area contributed by atoms with E-state index in [1.165, 1.54) is 0 Å². The Hall–Kier alpha value is -2.48. The molecule has 5 nitrogen and oxygen atoms in total. The van der Waals surface area contributed by atoms with Gasteiger partial charge in [-0.2, -0.15) is 0 Å². The zero-order valence-electron chi connectivity index (χ0n) is 16.7. The van der Waals surface area contributed by atoms with E-state index in [1.807, 2.05) is 54.7 Å². The van der Waals surface area contributed by atoms with Crippen LogP contribution in [0, 0.1) is 0 Å². The SMILES string of the molecule is [3H][B]SOCc1cn(C)c(C(=O)c2cn(Cc3ccc(Cl)cc3)c3ccccc23)n1. The first-order chi connectivity index (χ1) is 14.6. The predicted molar refractivity (Wildman–Crippen MR) is 119 cm³/mol. The summed E-state index contributed by atoms with van der Waals surface area (Å²) in [5.74, 6) is 0.206. The Morgan fingerprint density at radius 3 is 2.83 bits per heavy atom. The van der Waals surface area contributed by atoms with Gasteiger partial charge in [-0.3, -0.25) is 4.79 Å². The van der Waals surface area contributed by atoms with Crippen molar-refractivity contribution >= 4 is 47.3 Å². The maximum Gasteiger partial charge on any atom is 0.230 e. The third-order valence-electron chi connectivity index (χ3n) is 4.70. The summed E-state index contributed by atoms with van der Waals surface area (Å²) in [5, 5.41) is 1.58. The van der Waals surface area contributed by atoms with Gasteiger partial charge in [-0.25, -0.2) is 4.98 Å². The molecule has 4 rings (SSSR count). The van der Waals surface area contributed by atoms with Crippen LogP contribution in [0.5, 0.6) is 0 Å². The minimum Gasteiger partial charge on any atom is -0.342 e. The monoisotopic (exact) mass is 424 g/mol. The van der Waals surface area contributed by atoms with Crippen molar-refractivity contribution in [2.45, 2.75) is 13.2 Å². The molecule has 0 aliphatic heterocycles. The number of halogens is 1. The number of fused-ring (bicyclic) bond motifs is 1. The van der Waals surface area contributed by atoms with Gasteiger partial charge in [-0.1, -0.05) is 53.8 Å². The highest BCUT2D eigenvalue weighted by Gasteiger charge is 2.21. The third-order valence-corrected chi connectivity index (χ3v) is 5.21. The van der Waals surface area contributed by atoms with Crippen LogP contribution in [-0.4, -0.2) is 28.3 Å². The lowest BCUT2D eigenvalue weighted by molar-refractivity contribution is 0.102. The summed E-state index contributed by atoms with van der Waals surface area (Å²) in [5.41, 5.74) is 3.32. The molecule has 0 fully saturated rings. The van der Waals surface area contributed by atoms with Gasteiger partial charge in [-0.05, 0) is 25.1 Å². The second-order valence-corrected chi connectivity index (χ2v) is 7.53. The minimum atomic E-state index is -0.144. The van der Waals surface area contributed by atoms with E-state index in [1.54, 1.807) is 17.8 Å². The van der Waals surface area contributed by atoms with Gasteiger partial charge in [0.2, 0.25) is 12.9 Å². The number of hydrogen-bond acceptors (Lipinski definition) is 4. The number of nitrogens with zero attached hydrogens (tertiary/aromatic N) is 3. The highest BCUT2D eigenvalue weighted by molar-refractivity contribution is 8.15. The van der Waals surface area contributed by atoms with E-state index in [4.69, 9.17) is 17.1 Å². The molecule has 0 bridgehead atoms. The normalized spacial score (nSPS) is 11.6. The molecule has 4 aromatic rings. The molecule has 0 saturated carbocycles. The van der Waals surface area contributed by atoms with Gasteiger partial charge in [0.1, 0.15) is 6.61 Å². The smallest absolute Gasteiger partial charge is 0.230 e. The number of para-hydroxylation sites is 1. The Morgan fingerprint density at radius 1 is 1.24 bits per heavy atom. The molecule has 0 saturated heterocycles. The molecule has 0 unspecified atom stereocenters. The quantitative estimate of drug-likeness (QED) is 0.183. The third kappa shape index (κ3) is 4.12. The first-order valence-electron chi connectivity index (χ1n) is 9.52. The Kier molecular flexibility index (Phi) is 5.43. The second kappa shape index (κ2) is 8.49.